The van der Waals surface area contributed by atoms with E-state index in [1.54, 1.807) is 19.2 Å². The summed E-state index contributed by atoms with van der Waals surface area (Å²) in [4.78, 5) is 6.33. The lowest BCUT2D eigenvalue weighted by molar-refractivity contribution is 0.196. The fourth-order valence-corrected chi connectivity index (χ4v) is 3.58. The van der Waals surface area contributed by atoms with E-state index in [1.165, 1.54) is 0 Å². The summed E-state index contributed by atoms with van der Waals surface area (Å²) in [6, 6.07) is 22.6. The average molecular weight is 443 g/mol. The molecule has 146 valence electrons. The lowest BCUT2D eigenvalue weighted by Gasteiger charge is -2.36. The number of nitrogens with zero attached hydrogens (tertiary/aromatic N) is 2. The summed E-state index contributed by atoms with van der Waals surface area (Å²) >= 11 is 18.0. The summed E-state index contributed by atoms with van der Waals surface area (Å²) in [6.07, 6.45) is -0.529. The maximum absolute atomic E-state index is 6.31. The standard InChI is InChI=1S/C22H16Cl2N2O2S/c1-27-17-10-7-15(8-11-17)21-26(16-9-12-18(23)19(24)13-16)22(29)25-20(28-21)14-5-3-2-4-6-14/h2-13,21H,1H3. The first-order valence-electron chi connectivity index (χ1n) is 8.80. The molecule has 0 saturated carbocycles. The molecule has 1 aliphatic rings. The summed E-state index contributed by atoms with van der Waals surface area (Å²) < 4.78 is 11.6. The van der Waals surface area contributed by atoms with E-state index < -0.39 is 6.23 Å². The van der Waals surface area contributed by atoms with Gasteiger partial charge in [-0.3, -0.25) is 4.90 Å². The average Bonchev–Trinajstić information content (AvgIpc) is 2.76. The fraction of sp³-hybridized carbons (Fsp3) is 0.0909. The Morgan fingerprint density at radius 3 is 2.34 bits per heavy atom. The molecule has 1 unspecified atom stereocenters. The molecule has 0 fully saturated rings. The van der Waals surface area contributed by atoms with Crippen LogP contribution in [0.1, 0.15) is 17.4 Å². The van der Waals surface area contributed by atoms with Gasteiger partial charge in [0.15, 0.2) is 0 Å². The van der Waals surface area contributed by atoms with Crippen LogP contribution in [0.25, 0.3) is 0 Å². The summed E-state index contributed by atoms with van der Waals surface area (Å²) in [5.74, 6) is 1.22. The van der Waals surface area contributed by atoms with Gasteiger partial charge >= 0.3 is 0 Å². The number of ether oxygens (including phenoxy) is 2. The quantitative estimate of drug-likeness (QED) is 0.445. The minimum atomic E-state index is -0.529. The highest BCUT2D eigenvalue weighted by atomic mass is 35.5. The largest absolute Gasteiger partial charge is 0.497 e. The van der Waals surface area contributed by atoms with Gasteiger partial charge in [-0.15, -0.1) is 0 Å². The second kappa shape index (κ2) is 8.41. The summed E-state index contributed by atoms with van der Waals surface area (Å²) in [5.41, 5.74) is 2.48. The van der Waals surface area contributed by atoms with Gasteiger partial charge in [-0.05, 0) is 66.8 Å². The van der Waals surface area contributed by atoms with Crippen molar-refractivity contribution in [2.45, 2.75) is 6.23 Å². The Hall–Kier alpha value is -2.60. The zero-order chi connectivity index (χ0) is 20.4. The van der Waals surface area contributed by atoms with Crippen molar-refractivity contribution in [2.24, 2.45) is 4.99 Å². The Labute approximate surface area is 184 Å². The number of rotatable bonds is 4. The molecule has 3 aromatic carbocycles. The normalized spacial score (nSPS) is 16.2. The Kier molecular flexibility index (Phi) is 5.72. The summed E-state index contributed by atoms with van der Waals surface area (Å²) in [7, 11) is 1.63. The highest BCUT2D eigenvalue weighted by Crippen LogP contribution is 2.36. The van der Waals surface area contributed by atoms with Crippen LogP contribution in [-0.4, -0.2) is 18.1 Å². The van der Waals surface area contributed by atoms with E-state index in [0.717, 1.165) is 22.6 Å². The predicted octanol–water partition coefficient (Wildman–Crippen LogP) is 6.27. The first-order valence-corrected chi connectivity index (χ1v) is 9.96. The molecule has 1 heterocycles. The van der Waals surface area contributed by atoms with Crippen LogP contribution >= 0.6 is 35.4 Å². The van der Waals surface area contributed by atoms with Crippen molar-refractivity contribution in [2.75, 3.05) is 12.0 Å². The summed E-state index contributed by atoms with van der Waals surface area (Å²) in [5, 5.41) is 1.27. The number of aliphatic imine (C=N–C) groups is 1. The van der Waals surface area contributed by atoms with E-state index in [9.17, 15) is 0 Å². The van der Waals surface area contributed by atoms with Crippen LogP contribution in [0.2, 0.25) is 10.0 Å². The van der Waals surface area contributed by atoms with Crippen LogP contribution in [0, 0.1) is 0 Å². The number of hydrogen-bond donors (Lipinski definition) is 0. The second-order valence-electron chi connectivity index (χ2n) is 6.28. The lowest BCUT2D eigenvalue weighted by Crippen LogP contribution is -2.40. The Morgan fingerprint density at radius 1 is 0.966 bits per heavy atom. The van der Waals surface area contributed by atoms with Gasteiger partial charge in [0.25, 0.3) is 0 Å². The van der Waals surface area contributed by atoms with Gasteiger partial charge in [-0.1, -0.05) is 41.4 Å². The van der Waals surface area contributed by atoms with Crippen LogP contribution in [0.3, 0.4) is 0 Å². The molecule has 7 heteroatoms. The van der Waals surface area contributed by atoms with E-state index in [1.807, 2.05) is 65.6 Å². The Bertz CT molecular complexity index is 1070. The zero-order valence-corrected chi connectivity index (χ0v) is 17.7. The third-order valence-corrected chi connectivity index (χ3v) is 5.49. The van der Waals surface area contributed by atoms with Crippen molar-refractivity contribution in [1.82, 2.24) is 0 Å². The van der Waals surface area contributed by atoms with Crippen molar-refractivity contribution in [3.05, 3.63) is 94.0 Å². The van der Waals surface area contributed by atoms with E-state index in [-0.39, 0.29) is 0 Å². The summed E-state index contributed by atoms with van der Waals surface area (Å²) in [6.45, 7) is 0. The van der Waals surface area contributed by atoms with Gasteiger partial charge in [0.1, 0.15) is 5.75 Å². The van der Waals surface area contributed by atoms with Crippen molar-refractivity contribution in [3.63, 3.8) is 0 Å². The number of anilines is 1. The third kappa shape index (κ3) is 4.08. The van der Waals surface area contributed by atoms with Crippen molar-refractivity contribution in [3.8, 4) is 5.75 Å². The van der Waals surface area contributed by atoms with E-state index in [0.29, 0.717) is 21.1 Å². The number of methoxy groups -OCH3 is 1. The topological polar surface area (TPSA) is 34.1 Å². The molecular weight excluding hydrogens is 427 g/mol. The Balaban J connectivity index is 1.80. The highest BCUT2D eigenvalue weighted by Gasteiger charge is 2.32. The minimum Gasteiger partial charge on any atom is -0.497 e. The smallest absolute Gasteiger partial charge is 0.225 e. The molecule has 0 aliphatic carbocycles. The third-order valence-electron chi connectivity index (χ3n) is 4.46. The van der Waals surface area contributed by atoms with Crippen LogP contribution < -0.4 is 9.64 Å². The molecule has 0 N–H and O–H groups in total. The molecule has 1 atom stereocenters. The molecule has 0 spiro atoms. The number of thiocarbonyl (C=S) groups is 1. The van der Waals surface area contributed by atoms with E-state index in [2.05, 4.69) is 4.99 Å². The number of halogens is 2. The molecule has 29 heavy (non-hydrogen) atoms. The van der Waals surface area contributed by atoms with Gasteiger partial charge in [0, 0.05) is 16.8 Å². The monoisotopic (exact) mass is 442 g/mol. The van der Waals surface area contributed by atoms with Crippen LogP contribution in [0.5, 0.6) is 5.75 Å². The van der Waals surface area contributed by atoms with Crippen LogP contribution in [-0.2, 0) is 4.74 Å². The Morgan fingerprint density at radius 2 is 1.69 bits per heavy atom. The molecule has 0 aromatic heterocycles. The molecule has 1 aliphatic heterocycles. The molecular formula is C22H16Cl2N2O2S. The van der Waals surface area contributed by atoms with Gasteiger partial charge in [0.05, 0.1) is 17.2 Å². The predicted molar refractivity (Wildman–Crippen MR) is 121 cm³/mol. The van der Waals surface area contributed by atoms with Crippen LogP contribution in [0.4, 0.5) is 5.69 Å². The van der Waals surface area contributed by atoms with Crippen molar-refractivity contribution >= 4 is 52.1 Å². The molecule has 0 bridgehead atoms. The highest BCUT2D eigenvalue weighted by molar-refractivity contribution is 7.80. The van der Waals surface area contributed by atoms with Gasteiger partial charge in [0.2, 0.25) is 17.2 Å². The first-order chi connectivity index (χ1) is 14.1. The van der Waals surface area contributed by atoms with Gasteiger partial charge < -0.3 is 9.47 Å². The molecule has 0 amide bonds. The molecule has 0 radical (unpaired) electrons. The van der Waals surface area contributed by atoms with Gasteiger partial charge in [-0.2, -0.15) is 4.99 Å². The number of benzene rings is 3. The maximum Gasteiger partial charge on any atom is 0.225 e. The van der Waals surface area contributed by atoms with Crippen molar-refractivity contribution < 1.29 is 9.47 Å². The second-order valence-corrected chi connectivity index (χ2v) is 7.46. The molecule has 0 saturated heterocycles. The first kappa shape index (κ1) is 19.7. The van der Waals surface area contributed by atoms with E-state index in [4.69, 9.17) is 44.9 Å². The zero-order valence-electron chi connectivity index (χ0n) is 15.4. The lowest BCUT2D eigenvalue weighted by atomic mass is 10.1. The SMILES string of the molecule is COc1ccc(C2OC(c3ccccc3)=NC(=S)N2c2ccc(Cl)c(Cl)c2)cc1. The maximum atomic E-state index is 6.31. The van der Waals surface area contributed by atoms with E-state index >= 15 is 0 Å². The molecule has 3 aromatic rings. The number of hydrogen-bond acceptors (Lipinski definition) is 3. The van der Waals surface area contributed by atoms with Crippen molar-refractivity contribution in [1.29, 1.82) is 0 Å². The molecule has 4 rings (SSSR count). The molecule has 4 nitrogen and oxygen atoms in total. The van der Waals surface area contributed by atoms with Crippen LogP contribution in [0.15, 0.2) is 77.8 Å². The van der Waals surface area contributed by atoms with Gasteiger partial charge in [-0.25, -0.2) is 0 Å². The minimum absolute atomic E-state index is 0.370. The fourth-order valence-electron chi connectivity index (χ4n) is 3.01.